The van der Waals surface area contributed by atoms with Crippen molar-refractivity contribution in [1.29, 1.82) is 0 Å². The van der Waals surface area contributed by atoms with Crippen molar-refractivity contribution in [3.05, 3.63) is 0 Å². The van der Waals surface area contributed by atoms with Crippen LogP contribution < -0.4 is 30.4 Å². The summed E-state index contributed by atoms with van der Waals surface area (Å²) in [5.41, 5.74) is 0. The summed E-state index contributed by atoms with van der Waals surface area (Å²) in [6.45, 7) is -0.483. The predicted molar refractivity (Wildman–Crippen MR) is 21.4 cm³/mol. The molecule has 0 amide bonds. The summed E-state index contributed by atoms with van der Waals surface area (Å²) < 4.78 is 33.2. The minimum absolute atomic E-state index is 0.278. The third-order valence-corrected chi connectivity index (χ3v) is 0.344. The van der Waals surface area contributed by atoms with Crippen LogP contribution >= 0.6 is 0 Å². The second kappa shape index (κ2) is 6.84. The van der Waals surface area contributed by atoms with Crippen LogP contribution in [0.1, 0.15) is 0 Å². The molecule has 0 aromatic rings. The highest BCUT2D eigenvalue weighted by molar-refractivity contribution is 5.55. The van der Waals surface area contributed by atoms with Crippen molar-refractivity contribution < 1.29 is 48.8 Å². The van der Waals surface area contributed by atoms with Gasteiger partial charge in [0.05, 0.1) is 6.61 Å². The van der Waals surface area contributed by atoms with Crippen LogP contribution in [0.3, 0.4) is 0 Å². The molecule has 0 aliphatic rings. The smallest absolute Gasteiger partial charge is 0.368 e. The Morgan fingerprint density at radius 2 is 1.73 bits per heavy atom. The summed E-state index contributed by atoms with van der Waals surface area (Å²) in [4.78, 5) is 9.33. The van der Waals surface area contributed by atoms with Crippen molar-refractivity contribution in [2.24, 2.45) is 0 Å². The molecule has 0 bridgehead atoms. The summed E-state index contributed by atoms with van der Waals surface area (Å²) >= 11 is -5.69. The van der Waals surface area contributed by atoms with Gasteiger partial charge >= 0.3 is 20.1 Å². The van der Waals surface area contributed by atoms with Gasteiger partial charge in [0.25, 0.3) is 0 Å². The number of aliphatic hydroxyl groups excluding tert-OH is 2. The molecular formula is C3H7IO7. The van der Waals surface area contributed by atoms with Crippen molar-refractivity contribution in [2.45, 2.75) is 6.10 Å². The maximum absolute atomic E-state index is 9.33. The minimum atomic E-state index is -5.69. The number of hydrogen-bond donors (Lipinski definition) is 3. The summed E-state index contributed by atoms with van der Waals surface area (Å²) in [7, 11) is 0. The van der Waals surface area contributed by atoms with Crippen molar-refractivity contribution in [2.75, 3.05) is 6.61 Å². The van der Waals surface area contributed by atoms with Crippen molar-refractivity contribution in [1.82, 2.24) is 0 Å². The van der Waals surface area contributed by atoms with Crippen LogP contribution in [0, 0.1) is 0 Å². The van der Waals surface area contributed by atoms with Gasteiger partial charge in [0.15, 0.2) is 6.29 Å². The first-order chi connectivity index (χ1) is 4.81. The maximum atomic E-state index is 9.33. The average Bonchev–Trinajstić information content (AvgIpc) is 1.83. The topological polar surface area (TPSA) is 147 Å². The van der Waals surface area contributed by atoms with Crippen LogP contribution in [-0.4, -0.2) is 32.6 Å². The van der Waals surface area contributed by atoms with Crippen molar-refractivity contribution in [3.63, 3.8) is 0 Å². The molecule has 0 heterocycles. The number of carbonyl (C=O) groups is 1. The summed E-state index contributed by atoms with van der Waals surface area (Å²) in [5, 5.41) is 15.9. The van der Waals surface area contributed by atoms with Gasteiger partial charge in [-0.25, -0.2) is 0 Å². The van der Waals surface area contributed by atoms with E-state index in [0.717, 1.165) is 0 Å². The monoisotopic (exact) mass is 282 g/mol. The van der Waals surface area contributed by atoms with Gasteiger partial charge < -0.3 is 15.0 Å². The molecular weight excluding hydrogens is 275 g/mol. The molecule has 0 aromatic carbocycles. The van der Waals surface area contributed by atoms with E-state index in [9.17, 15) is 4.79 Å². The van der Waals surface area contributed by atoms with Crippen molar-refractivity contribution in [3.8, 4) is 0 Å². The maximum Gasteiger partial charge on any atom is 0.368 e. The van der Waals surface area contributed by atoms with Crippen LogP contribution in [0.4, 0.5) is 0 Å². The highest BCUT2D eigenvalue weighted by atomic mass is 127. The van der Waals surface area contributed by atoms with Crippen LogP contribution in [-0.2, 0) is 4.79 Å². The fraction of sp³-hybridized carbons (Fsp3) is 0.667. The number of hydrogen-bond acceptors (Lipinski definition) is 7. The summed E-state index contributed by atoms with van der Waals surface area (Å²) in [6.07, 6.45) is -0.912. The first-order valence-electron chi connectivity index (χ1n) is 2.18. The second-order valence-corrected chi connectivity index (χ2v) is 3.54. The first-order valence-corrected chi connectivity index (χ1v) is 5.79. The Morgan fingerprint density at radius 1 is 1.45 bits per heavy atom. The lowest BCUT2D eigenvalue weighted by Gasteiger charge is -1.93. The molecule has 0 aliphatic carbocycles. The zero-order valence-corrected chi connectivity index (χ0v) is 7.37. The van der Waals surface area contributed by atoms with E-state index in [0.29, 0.717) is 0 Å². The van der Waals surface area contributed by atoms with E-state index < -0.39 is 32.8 Å². The lowest BCUT2D eigenvalue weighted by atomic mass is 10.4. The van der Waals surface area contributed by atoms with Crippen LogP contribution in [0.5, 0.6) is 0 Å². The normalized spacial score (nSPS) is 12.9. The molecule has 0 radical (unpaired) electrons. The third kappa shape index (κ3) is 39.1. The Kier molecular flexibility index (Phi) is 8.54. The molecule has 1 unspecified atom stereocenters. The third-order valence-electron chi connectivity index (χ3n) is 0.344. The summed E-state index contributed by atoms with van der Waals surface area (Å²) in [5.74, 6) is 0. The zero-order valence-electron chi connectivity index (χ0n) is 5.21. The first kappa shape index (κ1) is 13.7. The van der Waals surface area contributed by atoms with Gasteiger partial charge in [-0.1, -0.05) is 0 Å². The molecule has 0 spiro atoms. The largest absolute Gasteiger partial charge is 0.393 e. The molecule has 0 aromatic heterocycles. The number of aliphatic hydroxyl groups is 2. The molecule has 1 atom stereocenters. The zero-order chi connectivity index (χ0) is 9.49. The standard InChI is InChI=1S/C3H6O3.HIO4/c4-1-3(6)2-5;2-1(3,4)5/h1,3,5-6H,2H2;2H. The van der Waals surface area contributed by atoms with Gasteiger partial charge in [-0.2, -0.15) is 0 Å². The molecule has 68 valence electrons. The Labute approximate surface area is 68.2 Å². The van der Waals surface area contributed by atoms with E-state index in [-0.39, 0.29) is 6.29 Å². The van der Waals surface area contributed by atoms with E-state index in [2.05, 4.69) is 0 Å². The lowest BCUT2D eigenvalue weighted by Crippen LogP contribution is -4.23. The van der Waals surface area contributed by atoms with E-state index in [1.54, 1.807) is 0 Å². The predicted octanol–water partition coefficient (Wildman–Crippen LogP) is -8.58. The lowest BCUT2D eigenvalue weighted by molar-refractivity contribution is -1.92. The second-order valence-electron chi connectivity index (χ2n) is 1.28. The Bertz CT molecular complexity index is 92.3. The number of carbonyl (C=O) groups excluding carboxylic acids is 1. The fourth-order valence-corrected chi connectivity index (χ4v) is 0.0430. The number of halogens is 1. The minimum Gasteiger partial charge on any atom is -0.393 e. The molecule has 7 nitrogen and oxygen atoms in total. The van der Waals surface area contributed by atoms with Crippen LogP contribution in [0.15, 0.2) is 0 Å². The van der Waals surface area contributed by atoms with E-state index in [1.165, 1.54) is 0 Å². The van der Waals surface area contributed by atoms with Crippen LogP contribution in [0.2, 0.25) is 0 Å². The number of aldehydes is 1. The quantitative estimate of drug-likeness (QED) is 0.336. The molecule has 11 heavy (non-hydrogen) atoms. The number of rotatable bonds is 2. The Morgan fingerprint density at radius 3 is 1.73 bits per heavy atom. The average molecular weight is 282 g/mol. The SMILES string of the molecule is O=CC(O)CO.[O-][I+3]([O-])([O-])O. The van der Waals surface area contributed by atoms with Crippen molar-refractivity contribution >= 4 is 6.29 Å². The fourth-order valence-electron chi connectivity index (χ4n) is 0.0430. The van der Waals surface area contributed by atoms with E-state index in [4.69, 9.17) is 24.0 Å². The molecule has 0 aliphatic heterocycles. The molecule has 0 fully saturated rings. The van der Waals surface area contributed by atoms with Gasteiger partial charge in [-0.15, -0.1) is 0 Å². The molecule has 8 heteroatoms. The van der Waals surface area contributed by atoms with E-state index >= 15 is 0 Å². The Hall–Kier alpha value is 0.160. The van der Waals surface area contributed by atoms with Gasteiger partial charge in [0, 0.05) is 3.44 Å². The van der Waals surface area contributed by atoms with Gasteiger partial charge in [0.1, 0.15) is 6.10 Å². The van der Waals surface area contributed by atoms with Crippen LogP contribution in [0.25, 0.3) is 0 Å². The molecule has 0 saturated carbocycles. The van der Waals surface area contributed by atoms with Gasteiger partial charge in [-0.3, -0.25) is 10.3 Å². The molecule has 3 N–H and O–H groups in total. The van der Waals surface area contributed by atoms with Gasteiger partial charge in [0.2, 0.25) is 0 Å². The molecule has 0 rings (SSSR count). The van der Waals surface area contributed by atoms with E-state index in [1.807, 2.05) is 0 Å². The molecule has 0 saturated heterocycles. The van der Waals surface area contributed by atoms with Gasteiger partial charge in [-0.05, 0) is 0 Å². The summed E-state index contributed by atoms with van der Waals surface area (Å²) in [6, 6.07) is 0. The Balaban J connectivity index is 0. The highest BCUT2D eigenvalue weighted by Gasteiger charge is 2.11. The highest BCUT2D eigenvalue weighted by Crippen LogP contribution is 1.66.